The molecule has 1 N–H and O–H groups in total. The third kappa shape index (κ3) is 46.0. The van der Waals surface area contributed by atoms with E-state index in [9.17, 15) is 14.7 Å². The van der Waals surface area contributed by atoms with E-state index in [4.69, 9.17) is 9.47 Å². The van der Waals surface area contributed by atoms with Gasteiger partial charge in [-0.25, -0.2) is 0 Å². The van der Waals surface area contributed by atoms with Crippen molar-refractivity contribution in [2.45, 2.75) is 238 Å². The molecule has 0 unspecified atom stereocenters. The van der Waals surface area contributed by atoms with Gasteiger partial charge in [0.05, 0.1) is 6.61 Å². The Morgan fingerprint density at radius 2 is 0.707 bits per heavy atom. The van der Waals surface area contributed by atoms with Crippen molar-refractivity contribution in [3.63, 3.8) is 0 Å². The summed E-state index contributed by atoms with van der Waals surface area (Å²) in [5.74, 6) is -0.705. The molecule has 0 aliphatic heterocycles. The highest BCUT2D eigenvalue weighted by Crippen LogP contribution is 2.14. The molecule has 1 atom stereocenters. The minimum atomic E-state index is -0.818. The maximum absolute atomic E-state index is 12.2. The summed E-state index contributed by atoms with van der Waals surface area (Å²) in [5.41, 5.74) is 0. The summed E-state index contributed by atoms with van der Waals surface area (Å²) in [6.45, 7) is 4.07. The van der Waals surface area contributed by atoms with Crippen LogP contribution in [0.5, 0.6) is 0 Å². The van der Waals surface area contributed by atoms with Crippen LogP contribution in [0, 0.1) is 0 Å². The van der Waals surface area contributed by atoms with Crippen LogP contribution in [0.4, 0.5) is 0 Å². The number of carbonyl (C=O) groups excluding carboxylic acids is 2. The smallest absolute Gasteiger partial charge is 0.306 e. The van der Waals surface area contributed by atoms with Crippen molar-refractivity contribution in [2.24, 2.45) is 0 Å². The molecule has 0 aromatic carbocycles. The SMILES string of the molecule is CCCCCCCCC/C=C/C/C=C/C/C=C/C/C=C/CCCC(=O)OC[C@H](CO)OC(=O)CCC/C=C/CC/C=C/CCCCCCCCCCCCCCCC. The highest BCUT2D eigenvalue weighted by atomic mass is 16.6. The molecule has 0 aromatic heterocycles. The van der Waals surface area contributed by atoms with Gasteiger partial charge in [-0.15, -0.1) is 0 Å². The van der Waals surface area contributed by atoms with Crippen LogP contribution in [0.2, 0.25) is 0 Å². The van der Waals surface area contributed by atoms with E-state index in [0.29, 0.717) is 19.3 Å². The molecular weight excluding hydrogens is 717 g/mol. The molecule has 0 aliphatic rings. The largest absolute Gasteiger partial charge is 0.462 e. The molecule has 0 amide bonds. The van der Waals surface area contributed by atoms with Crippen molar-refractivity contribution >= 4 is 11.9 Å². The Kier molecular flexibility index (Phi) is 46.5. The van der Waals surface area contributed by atoms with Gasteiger partial charge in [-0.3, -0.25) is 9.59 Å². The minimum Gasteiger partial charge on any atom is -0.462 e. The molecule has 0 saturated heterocycles. The average molecular weight is 809 g/mol. The Labute approximate surface area is 359 Å². The third-order valence-electron chi connectivity index (χ3n) is 10.5. The maximum Gasteiger partial charge on any atom is 0.306 e. The molecule has 0 aliphatic carbocycles. The number of hydrogen-bond acceptors (Lipinski definition) is 5. The maximum atomic E-state index is 12.2. The van der Waals surface area contributed by atoms with Gasteiger partial charge < -0.3 is 14.6 Å². The van der Waals surface area contributed by atoms with Crippen LogP contribution < -0.4 is 0 Å². The van der Waals surface area contributed by atoms with E-state index in [1.807, 2.05) is 0 Å². The van der Waals surface area contributed by atoms with E-state index in [2.05, 4.69) is 86.8 Å². The number of aliphatic hydroxyl groups is 1. The van der Waals surface area contributed by atoms with E-state index in [0.717, 1.165) is 44.9 Å². The number of allylic oxidation sites excluding steroid dienone is 12. The van der Waals surface area contributed by atoms with Crippen LogP contribution in [-0.2, 0) is 19.1 Å². The van der Waals surface area contributed by atoms with Crippen LogP contribution in [0.25, 0.3) is 0 Å². The Bertz CT molecular complexity index is 1050. The normalized spacial score (nSPS) is 12.8. The monoisotopic (exact) mass is 809 g/mol. The fourth-order valence-electron chi connectivity index (χ4n) is 6.74. The molecule has 0 spiro atoms. The lowest BCUT2D eigenvalue weighted by atomic mass is 10.0. The lowest BCUT2D eigenvalue weighted by Crippen LogP contribution is -2.28. The van der Waals surface area contributed by atoms with Crippen molar-refractivity contribution in [2.75, 3.05) is 13.2 Å². The van der Waals surface area contributed by atoms with Gasteiger partial charge >= 0.3 is 11.9 Å². The Morgan fingerprint density at radius 3 is 1.10 bits per heavy atom. The van der Waals surface area contributed by atoms with Crippen LogP contribution in [-0.4, -0.2) is 36.4 Å². The number of rotatable bonds is 44. The second-order valence-electron chi connectivity index (χ2n) is 16.2. The van der Waals surface area contributed by atoms with Crippen molar-refractivity contribution in [3.8, 4) is 0 Å². The topological polar surface area (TPSA) is 72.8 Å². The average Bonchev–Trinajstić information content (AvgIpc) is 3.23. The van der Waals surface area contributed by atoms with Crippen molar-refractivity contribution < 1.29 is 24.2 Å². The lowest BCUT2D eigenvalue weighted by molar-refractivity contribution is -0.161. The molecule has 334 valence electrons. The van der Waals surface area contributed by atoms with Gasteiger partial charge in [-0.1, -0.05) is 209 Å². The summed E-state index contributed by atoms with van der Waals surface area (Å²) in [6, 6.07) is 0. The number of ether oxygens (including phenoxy) is 2. The standard InChI is InChI=1S/C53H92O5/c1-3-5-7-9-11-13-15-17-19-21-23-25-26-28-30-32-34-36-38-40-42-44-46-48-53(56)58-51(49-54)50-57-52(55)47-45-43-41-39-37-35-33-31-29-27-24-22-20-18-16-14-12-10-8-6-4-2/h20,22,27,29,32-35,39-42,51,54H,3-19,21,23-26,28,30-31,36-38,43-50H2,1-2H3/b22-20+,29-27+,34-32+,35-33+,41-39+,42-40+/t51-/m0/s1. The molecule has 0 rings (SSSR count). The van der Waals surface area contributed by atoms with Crippen molar-refractivity contribution in [1.29, 1.82) is 0 Å². The van der Waals surface area contributed by atoms with E-state index in [1.54, 1.807) is 0 Å². The minimum absolute atomic E-state index is 0.113. The van der Waals surface area contributed by atoms with Crippen LogP contribution in [0.1, 0.15) is 232 Å². The predicted molar refractivity (Wildman–Crippen MR) is 251 cm³/mol. The number of aliphatic hydroxyl groups excluding tert-OH is 1. The first-order chi connectivity index (χ1) is 28.6. The zero-order chi connectivity index (χ0) is 42.1. The van der Waals surface area contributed by atoms with Gasteiger partial charge in [0.1, 0.15) is 6.61 Å². The first kappa shape index (κ1) is 55.3. The van der Waals surface area contributed by atoms with Crippen LogP contribution >= 0.6 is 0 Å². The van der Waals surface area contributed by atoms with Crippen molar-refractivity contribution in [1.82, 2.24) is 0 Å². The van der Waals surface area contributed by atoms with Crippen LogP contribution in [0.3, 0.4) is 0 Å². The number of esters is 2. The summed E-state index contributed by atoms with van der Waals surface area (Å²) < 4.78 is 10.6. The molecular formula is C53H92O5. The zero-order valence-corrected chi connectivity index (χ0v) is 38.0. The van der Waals surface area contributed by atoms with E-state index < -0.39 is 6.10 Å². The van der Waals surface area contributed by atoms with Crippen molar-refractivity contribution in [3.05, 3.63) is 72.9 Å². The Morgan fingerprint density at radius 1 is 0.397 bits per heavy atom. The predicted octanol–water partition coefficient (Wildman–Crippen LogP) is 16.1. The second kappa shape index (κ2) is 48.7. The molecule has 58 heavy (non-hydrogen) atoms. The van der Waals surface area contributed by atoms with Crippen LogP contribution in [0.15, 0.2) is 72.9 Å². The molecule has 0 fully saturated rings. The summed E-state index contributed by atoms with van der Waals surface area (Å²) >= 11 is 0. The van der Waals surface area contributed by atoms with Gasteiger partial charge in [-0.2, -0.15) is 0 Å². The van der Waals surface area contributed by atoms with Gasteiger partial charge in [0.2, 0.25) is 0 Å². The molecule has 0 aromatic rings. The zero-order valence-electron chi connectivity index (χ0n) is 38.0. The first-order valence-corrected chi connectivity index (χ1v) is 24.5. The number of carbonyl (C=O) groups is 2. The second-order valence-corrected chi connectivity index (χ2v) is 16.2. The fourth-order valence-corrected chi connectivity index (χ4v) is 6.74. The van der Waals surface area contributed by atoms with E-state index >= 15 is 0 Å². The third-order valence-corrected chi connectivity index (χ3v) is 10.5. The molecule has 0 heterocycles. The van der Waals surface area contributed by atoms with E-state index in [-0.39, 0.29) is 31.6 Å². The molecule has 0 radical (unpaired) electrons. The highest BCUT2D eigenvalue weighted by molar-refractivity contribution is 5.70. The Balaban J connectivity index is 3.66. The molecule has 0 saturated carbocycles. The Hall–Kier alpha value is -2.66. The summed E-state index contributed by atoms with van der Waals surface area (Å²) in [4.78, 5) is 24.4. The summed E-state index contributed by atoms with van der Waals surface area (Å²) in [7, 11) is 0. The summed E-state index contributed by atoms with van der Waals surface area (Å²) in [6.07, 6.45) is 65.8. The molecule has 0 bridgehead atoms. The fraction of sp³-hybridized carbons (Fsp3) is 0.736. The quantitative estimate of drug-likeness (QED) is 0.0377. The van der Waals surface area contributed by atoms with Gasteiger partial charge in [0.15, 0.2) is 6.10 Å². The number of hydrogen-bond donors (Lipinski definition) is 1. The van der Waals surface area contributed by atoms with Gasteiger partial charge in [0, 0.05) is 12.8 Å². The molecule has 5 heteroatoms. The first-order valence-electron chi connectivity index (χ1n) is 24.5. The number of unbranched alkanes of at least 4 members (excludes halogenated alkanes) is 24. The van der Waals surface area contributed by atoms with Gasteiger partial charge in [0.25, 0.3) is 0 Å². The molecule has 5 nitrogen and oxygen atoms in total. The summed E-state index contributed by atoms with van der Waals surface area (Å²) in [5, 5.41) is 9.59. The highest BCUT2D eigenvalue weighted by Gasteiger charge is 2.15. The lowest BCUT2D eigenvalue weighted by Gasteiger charge is -2.15. The van der Waals surface area contributed by atoms with Gasteiger partial charge in [-0.05, 0) is 83.5 Å². The van der Waals surface area contributed by atoms with E-state index in [1.165, 1.54) is 148 Å².